The number of hydrogen-bond donors (Lipinski definition) is 0. The van der Waals surface area contributed by atoms with E-state index >= 15 is 0 Å². The second-order valence-electron chi connectivity index (χ2n) is 5.91. The largest absolute Gasteiger partial charge is 0.493 e. The number of carbonyl (C=O) groups excluding carboxylic acids is 1. The summed E-state index contributed by atoms with van der Waals surface area (Å²) in [7, 11) is 6.48. The van der Waals surface area contributed by atoms with E-state index in [2.05, 4.69) is 0 Å². The molecule has 5 nitrogen and oxygen atoms in total. The number of rotatable bonds is 7. The topological polar surface area (TPSA) is 48.0 Å². The molecule has 0 N–H and O–H groups in total. The Labute approximate surface area is 149 Å². The number of ether oxygens (including phenoxy) is 3. The first-order valence-corrected chi connectivity index (χ1v) is 8.07. The van der Waals surface area contributed by atoms with Crippen molar-refractivity contribution in [2.75, 3.05) is 28.4 Å². The molecule has 0 spiro atoms. The Hall–Kier alpha value is -2.69. The van der Waals surface area contributed by atoms with Gasteiger partial charge in [0.1, 0.15) is 0 Å². The van der Waals surface area contributed by atoms with Crippen LogP contribution in [0.3, 0.4) is 0 Å². The highest BCUT2D eigenvalue weighted by atomic mass is 16.5. The molecule has 0 aliphatic carbocycles. The molecule has 0 fully saturated rings. The van der Waals surface area contributed by atoms with Gasteiger partial charge >= 0.3 is 0 Å². The van der Waals surface area contributed by atoms with Crippen LogP contribution < -0.4 is 14.2 Å². The lowest BCUT2D eigenvalue weighted by Gasteiger charge is -2.20. The molecule has 0 radical (unpaired) electrons. The Morgan fingerprint density at radius 1 is 0.920 bits per heavy atom. The number of amides is 1. The van der Waals surface area contributed by atoms with Crippen LogP contribution in [0.1, 0.15) is 16.7 Å². The third-order valence-electron chi connectivity index (χ3n) is 4.09. The standard InChI is InChI=1S/C20H25NO4/c1-14-6-8-15(9-7-14)13-21(2)18(22)12-16-10-11-17(23-3)20(25-5)19(16)24-4/h6-11H,12-13H2,1-5H3. The third-order valence-corrected chi connectivity index (χ3v) is 4.09. The average Bonchev–Trinajstić information content (AvgIpc) is 2.62. The van der Waals surface area contributed by atoms with E-state index in [0.717, 1.165) is 11.1 Å². The minimum atomic E-state index is 0.00564. The van der Waals surface area contributed by atoms with E-state index in [1.165, 1.54) is 5.56 Å². The summed E-state index contributed by atoms with van der Waals surface area (Å²) >= 11 is 0. The zero-order valence-corrected chi connectivity index (χ0v) is 15.5. The molecule has 25 heavy (non-hydrogen) atoms. The molecule has 0 atom stereocenters. The van der Waals surface area contributed by atoms with Gasteiger partial charge in [-0.3, -0.25) is 4.79 Å². The summed E-state index contributed by atoms with van der Waals surface area (Å²) in [5.74, 6) is 1.60. The van der Waals surface area contributed by atoms with Crippen LogP contribution in [0, 0.1) is 6.92 Å². The van der Waals surface area contributed by atoms with Crippen molar-refractivity contribution in [1.29, 1.82) is 0 Å². The number of hydrogen-bond acceptors (Lipinski definition) is 4. The maximum absolute atomic E-state index is 12.6. The predicted octanol–water partition coefficient (Wildman–Crippen LogP) is 3.22. The fourth-order valence-electron chi connectivity index (χ4n) is 2.66. The van der Waals surface area contributed by atoms with Gasteiger partial charge in [0.2, 0.25) is 11.7 Å². The number of nitrogens with zero attached hydrogens (tertiary/aromatic N) is 1. The van der Waals surface area contributed by atoms with Crippen molar-refractivity contribution in [3.8, 4) is 17.2 Å². The second kappa shape index (κ2) is 8.42. The Morgan fingerprint density at radius 3 is 2.12 bits per heavy atom. The van der Waals surface area contributed by atoms with E-state index < -0.39 is 0 Å². The van der Waals surface area contributed by atoms with Crippen molar-refractivity contribution in [3.05, 3.63) is 53.1 Å². The van der Waals surface area contributed by atoms with Crippen molar-refractivity contribution < 1.29 is 19.0 Å². The van der Waals surface area contributed by atoms with Crippen LogP contribution in [0.4, 0.5) is 0 Å². The zero-order valence-electron chi connectivity index (χ0n) is 15.5. The van der Waals surface area contributed by atoms with Gasteiger partial charge in [-0.05, 0) is 18.6 Å². The third kappa shape index (κ3) is 4.44. The first kappa shape index (κ1) is 18.6. The molecular formula is C20H25NO4. The molecular weight excluding hydrogens is 318 g/mol. The minimum absolute atomic E-state index is 0.00564. The van der Waals surface area contributed by atoms with Crippen LogP contribution in [0.5, 0.6) is 17.2 Å². The molecule has 2 aromatic carbocycles. The lowest BCUT2D eigenvalue weighted by Crippen LogP contribution is -2.27. The zero-order chi connectivity index (χ0) is 18.4. The number of likely N-dealkylation sites (N-methyl/N-ethyl adjacent to an activating group) is 1. The van der Waals surface area contributed by atoms with Gasteiger partial charge in [0, 0.05) is 19.2 Å². The van der Waals surface area contributed by atoms with E-state index in [1.54, 1.807) is 39.3 Å². The second-order valence-corrected chi connectivity index (χ2v) is 5.91. The average molecular weight is 343 g/mol. The van der Waals surface area contributed by atoms with Crippen molar-refractivity contribution in [1.82, 2.24) is 4.90 Å². The van der Waals surface area contributed by atoms with Gasteiger partial charge in [-0.25, -0.2) is 0 Å². The van der Waals surface area contributed by atoms with E-state index in [-0.39, 0.29) is 12.3 Å². The van der Waals surface area contributed by atoms with Gasteiger partial charge in [0.15, 0.2) is 11.5 Å². The van der Waals surface area contributed by atoms with Crippen LogP contribution in [0.15, 0.2) is 36.4 Å². The maximum atomic E-state index is 12.6. The predicted molar refractivity (Wildman–Crippen MR) is 97.5 cm³/mol. The van der Waals surface area contributed by atoms with Crippen LogP contribution >= 0.6 is 0 Å². The van der Waals surface area contributed by atoms with E-state index in [1.807, 2.05) is 37.3 Å². The lowest BCUT2D eigenvalue weighted by atomic mass is 10.1. The summed E-state index contributed by atoms with van der Waals surface area (Å²) in [5.41, 5.74) is 3.06. The molecule has 0 aliphatic heterocycles. The summed E-state index contributed by atoms with van der Waals surface area (Å²) in [4.78, 5) is 14.3. The quantitative estimate of drug-likeness (QED) is 0.774. The van der Waals surface area contributed by atoms with Gasteiger partial charge in [-0.1, -0.05) is 35.9 Å². The van der Waals surface area contributed by atoms with Gasteiger partial charge in [0.25, 0.3) is 0 Å². The SMILES string of the molecule is COc1ccc(CC(=O)N(C)Cc2ccc(C)cc2)c(OC)c1OC. The summed E-state index contributed by atoms with van der Waals surface area (Å²) in [6.07, 6.45) is 0.228. The number of methoxy groups -OCH3 is 3. The fourth-order valence-corrected chi connectivity index (χ4v) is 2.66. The minimum Gasteiger partial charge on any atom is -0.493 e. The van der Waals surface area contributed by atoms with E-state index in [0.29, 0.717) is 23.8 Å². The summed E-state index contributed by atoms with van der Waals surface area (Å²) in [5, 5.41) is 0. The normalized spacial score (nSPS) is 10.3. The molecule has 0 unspecified atom stereocenters. The highest BCUT2D eigenvalue weighted by molar-refractivity contribution is 5.80. The van der Waals surface area contributed by atoms with Gasteiger partial charge in [-0.2, -0.15) is 0 Å². The molecule has 0 aliphatic rings. The van der Waals surface area contributed by atoms with Gasteiger partial charge < -0.3 is 19.1 Å². The smallest absolute Gasteiger partial charge is 0.227 e. The molecule has 1 amide bonds. The molecule has 0 aromatic heterocycles. The Kier molecular flexibility index (Phi) is 6.28. The van der Waals surface area contributed by atoms with E-state index in [4.69, 9.17) is 14.2 Å². The number of aryl methyl sites for hydroxylation is 1. The van der Waals surface area contributed by atoms with Crippen LogP contribution in [0.2, 0.25) is 0 Å². The van der Waals surface area contributed by atoms with Crippen molar-refractivity contribution in [3.63, 3.8) is 0 Å². The van der Waals surface area contributed by atoms with Crippen molar-refractivity contribution >= 4 is 5.91 Å². The Morgan fingerprint density at radius 2 is 1.56 bits per heavy atom. The first-order valence-electron chi connectivity index (χ1n) is 8.07. The van der Waals surface area contributed by atoms with Crippen molar-refractivity contribution in [2.24, 2.45) is 0 Å². The van der Waals surface area contributed by atoms with Crippen LogP contribution in [-0.2, 0) is 17.8 Å². The van der Waals surface area contributed by atoms with Gasteiger partial charge in [0.05, 0.1) is 27.8 Å². The van der Waals surface area contributed by atoms with E-state index in [9.17, 15) is 4.79 Å². The highest BCUT2D eigenvalue weighted by Crippen LogP contribution is 2.40. The highest BCUT2D eigenvalue weighted by Gasteiger charge is 2.19. The molecule has 0 heterocycles. The van der Waals surface area contributed by atoms with Crippen molar-refractivity contribution in [2.45, 2.75) is 19.9 Å². The molecule has 5 heteroatoms. The van der Waals surface area contributed by atoms with Crippen LogP contribution in [-0.4, -0.2) is 39.2 Å². The maximum Gasteiger partial charge on any atom is 0.227 e. The lowest BCUT2D eigenvalue weighted by molar-refractivity contribution is -0.129. The number of benzene rings is 2. The summed E-state index contributed by atoms with van der Waals surface area (Å²) < 4.78 is 16.1. The molecule has 0 saturated carbocycles. The summed E-state index contributed by atoms with van der Waals surface area (Å²) in [6, 6.07) is 11.8. The van der Waals surface area contributed by atoms with Gasteiger partial charge in [-0.15, -0.1) is 0 Å². The molecule has 2 rings (SSSR count). The first-order chi connectivity index (χ1) is 12.0. The Balaban J connectivity index is 2.15. The Bertz CT molecular complexity index is 725. The summed E-state index contributed by atoms with van der Waals surface area (Å²) in [6.45, 7) is 2.61. The molecule has 0 saturated heterocycles. The monoisotopic (exact) mass is 343 g/mol. The molecule has 2 aromatic rings. The molecule has 134 valence electrons. The van der Waals surface area contributed by atoms with Crippen LogP contribution in [0.25, 0.3) is 0 Å². The fraction of sp³-hybridized carbons (Fsp3) is 0.350. The number of carbonyl (C=O) groups is 1. The molecule has 0 bridgehead atoms.